The second-order valence-electron chi connectivity index (χ2n) is 6.50. The van der Waals surface area contributed by atoms with Crippen LogP contribution in [0.15, 0.2) is 0 Å². The van der Waals surface area contributed by atoms with E-state index in [1.165, 1.54) is 19.3 Å². The molecule has 4 unspecified atom stereocenters. The van der Waals surface area contributed by atoms with Crippen LogP contribution in [-0.4, -0.2) is 24.2 Å². The van der Waals surface area contributed by atoms with Gasteiger partial charge in [-0.05, 0) is 57.3 Å². The Kier molecular flexibility index (Phi) is 6.27. The van der Waals surface area contributed by atoms with Crippen molar-refractivity contribution in [1.82, 2.24) is 0 Å². The third kappa shape index (κ3) is 5.49. The van der Waals surface area contributed by atoms with Crippen LogP contribution in [-0.2, 0) is 9.53 Å². The Bertz CT molecular complexity index is 292. The highest BCUT2D eigenvalue weighted by atomic mass is 16.5. The number of hydrogen-bond donors (Lipinski definition) is 2. The maximum Gasteiger partial charge on any atom is 0.237 e. The Hall–Kier alpha value is -0.610. The number of rotatable bonds is 7. The summed E-state index contributed by atoms with van der Waals surface area (Å²) < 4.78 is 5.92. The Morgan fingerprint density at radius 3 is 2.53 bits per heavy atom. The number of carbonyl (C=O) groups excluding carboxylic acids is 1. The first-order valence-electron chi connectivity index (χ1n) is 7.53. The van der Waals surface area contributed by atoms with Crippen LogP contribution in [0.4, 0.5) is 0 Å². The van der Waals surface area contributed by atoms with Crippen molar-refractivity contribution in [3.63, 3.8) is 0 Å². The van der Waals surface area contributed by atoms with Crippen molar-refractivity contribution in [2.24, 2.45) is 23.3 Å². The number of carbonyl (C=O) groups is 1. The highest BCUT2D eigenvalue weighted by Crippen LogP contribution is 2.31. The largest absolute Gasteiger partial charge is 0.378 e. The second-order valence-corrected chi connectivity index (χ2v) is 6.50. The normalized spacial score (nSPS) is 30.8. The first kappa shape index (κ1) is 16.4. The monoisotopic (exact) mass is 270 g/mol. The average Bonchev–Trinajstić information content (AvgIpc) is 2.33. The van der Waals surface area contributed by atoms with Crippen molar-refractivity contribution in [1.29, 1.82) is 0 Å². The van der Waals surface area contributed by atoms with Gasteiger partial charge in [-0.2, -0.15) is 0 Å². The Morgan fingerprint density at radius 2 is 1.95 bits per heavy atom. The van der Waals surface area contributed by atoms with Crippen molar-refractivity contribution in [2.45, 2.75) is 70.9 Å². The molecule has 0 aliphatic heterocycles. The smallest absolute Gasteiger partial charge is 0.237 e. The quantitative estimate of drug-likeness (QED) is 0.696. The minimum absolute atomic E-state index is 0.423. The summed E-state index contributed by atoms with van der Waals surface area (Å²) in [5, 5.41) is 0. The van der Waals surface area contributed by atoms with E-state index in [0.717, 1.165) is 31.3 Å². The van der Waals surface area contributed by atoms with Gasteiger partial charge in [-0.3, -0.25) is 4.79 Å². The molecule has 1 aliphatic carbocycles. The summed E-state index contributed by atoms with van der Waals surface area (Å²) in [5.41, 5.74) is 10.2. The fourth-order valence-corrected chi connectivity index (χ4v) is 2.62. The molecule has 0 aromatic carbocycles. The summed E-state index contributed by atoms with van der Waals surface area (Å²) in [6.45, 7) is 7.10. The number of ether oxygens (including phenoxy) is 1. The summed E-state index contributed by atoms with van der Waals surface area (Å²) in [7, 11) is 0. The average molecular weight is 270 g/mol. The van der Waals surface area contributed by atoms with Gasteiger partial charge in [-0.15, -0.1) is 0 Å². The number of unbranched alkanes of at least 4 members (excludes halogenated alkanes) is 1. The lowest BCUT2D eigenvalue weighted by atomic mass is 9.80. The molecule has 0 bridgehead atoms. The van der Waals surface area contributed by atoms with Crippen LogP contribution in [0.25, 0.3) is 0 Å². The molecule has 4 atom stereocenters. The van der Waals surface area contributed by atoms with Crippen LogP contribution in [0, 0.1) is 11.8 Å². The molecule has 1 aliphatic rings. The molecule has 1 rings (SSSR count). The minimum Gasteiger partial charge on any atom is -0.378 e. The molecule has 0 spiro atoms. The van der Waals surface area contributed by atoms with E-state index >= 15 is 0 Å². The molecule has 0 aromatic rings. The van der Waals surface area contributed by atoms with E-state index in [-0.39, 0.29) is 0 Å². The first-order valence-corrected chi connectivity index (χ1v) is 7.53. The number of nitrogens with two attached hydrogens (primary N) is 2. The van der Waals surface area contributed by atoms with Gasteiger partial charge in [0.25, 0.3) is 0 Å². The molecule has 0 saturated heterocycles. The van der Waals surface area contributed by atoms with E-state index in [1.54, 1.807) is 6.92 Å². The van der Waals surface area contributed by atoms with Crippen molar-refractivity contribution >= 4 is 5.91 Å². The first-order chi connectivity index (χ1) is 8.83. The SMILES string of the molecule is CC1CCC(OCCCCC(C)(N)C(N)=O)CC1C. The van der Waals surface area contributed by atoms with Crippen LogP contribution in [0.3, 0.4) is 0 Å². The van der Waals surface area contributed by atoms with Gasteiger partial charge in [0, 0.05) is 6.61 Å². The van der Waals surface area contributed by atoms with E-state index in [0.29, 0.717) is 12.5 Å². The highest BCUT2D eigenvalue weighted by Gasteiger charge is 2.26. The molecule has 112 valence electrons. The lowest BCUT2D eigenvalue weighted by Gasteiger charge is -2.32. The molecule has 0 aromatic heterocycles. The van der Waals surface area contributed by atoms with Gasteiger partial charge < -0.3 is 16.2 Å². The van der Waals surface area contributed by atoms with Gasteiger partial charge in [0.2, 0.25) is 5.91 Å². The molecule has 1 fully saturated rings. The zero-order valence-electron chi connectivity index (χ0n) is 12.7. The van der Waals surface area contributed by atoms with Crippen molar-refractivity contribution < 1.29 is 9.53 Å². The molecular weight excluding hydrogens is 240 g/mol. The van der Waals surface area contributed by atoms with E-state index < -0.39 is 11.4 Å². The summed E-state index contributed by atoms with van der Waals surface area (Å²) in [6, 6.07) is 0. The molecule has 19 heavy (non-hydrogen) atoms. The second kappa shape index (κ2) is 7.25. The van der Waals surface area contributed by atoms with Gasteiger partial charge in [0.1, 0.15) is 0 Å². The highest BCUT2D eigenvalue weighted by molar-refractivity contribution is 5.83. The molecule has 1 saturated carbocycles. The van der Waals surface area contributed by atoms with E-state index in [9.17, 15) is 4.79 Å². The molecule has 0 heterocycles. The zero-order valence-corrected chi connectivity index (χ0v) is 12.7. The van der Waals surface area contributed by atoms with Crippen LogP contribution < -0.4 is 11.5 Å². The summed E-state index contributed by atoms with van der Waals surface area (Å²) in [4.78, 5) is 11.1. The number of hydrogen-bond acceptors (Lipinski definition) is 3. The van der Waals surface area contributed by atoms with Crippen molar-refractivity contribution in [3.05, 3.63) is 0 Å². The van der Waals surface area contributed by atoms with E-state index in [2.05, 4.69) is 13.8 Å². The van der Waals surface area contributed by atoms with Gasteiger partial charge in [-0.25, -0.2) is 0 Å². The van der Waals surface area contributed by atoms with E-state index in [1.807, 2.05) is 0 Å². The van der Waals surface area contributed by atoms with Crippen LogP contribution in [0.5, 0.6) is 0 Å². The maximum atomic E-state index is 11.1. The fraction of sp³-hybridized carbons (Fsp3) is 0.933. The molecular formula is C15H30N2O2. The Balaban J connectivity index is 2.10. The summed E-state index contributed by atoms with van der Waals surface area (Å²) >= 11 is 0. The van der Waals surface area contributed by atoms with Gasteiger partial charge in [-0.1, -0.05) is 13.8 Å². The van der Waals surface area contributed by atoms with Gasteiger partial charge in [0.05, 0.1) is 11.6 Å². The van der Waals surface area contributed by atoms with Crippen molar-refractivity contribution in [3.8, 4) is 0 Å². The summed E-state index contributed by atoms with van der Waals surface area (Å²) in [6.07, 6.45) is 6.51. The standard InChI is InChI=1S/C15H30N2O2/c1-11-6-7-13(10-12(11)2)19-9-5-4-8-15(3,17)14(16)18/h11-13H,4-10,17H2,1-3H3,(H2,16,18). The Morgan fingerprint density at radius 1 is 1.26 bits per heavy atom. The molecule has 0 radical (unpaired) electrons. The molecule has 4 heteroatoms. The third-order valence-corrected chi connectivity index (χ3v) is 4.56. The van der Waals surface area contributed by atoms with E-state index in [4.69, 9.17) is 16.2 Å². The molecule has 4 N–H and O–H groups in total. The maximum absolute atomic E-state index is 11.1. The van der Waals surface area contributed by atoms with Crippen LogP contribution in [0.2, 0.25) is 0 Å². The topological polar surface area (TPSA) is 78.3 Å². The predicted molar refractivity (Wildman–Crippen MR) is 77.6 cm³/mol. The fourth-order valence-electron chi connectivity index (χ4n) is 2.62. The van der Waals surface area contributed by atoms with Crippen LogP contribution >= 0.6 is 0 Å². The third-order valence-electron chi connectivity index (χ3n) is 4.56. The predicted octanol–water partition coefficient (Wildman–Crippen LogP) is 2.20. The number of amides is 1. The summed E-state index contributed by atoms with van der Waals surface area (Å²) in [5.74, 6) is 1.16. The van der Waals surface area contributed by atoms with Crippen molar-refractivity contribution in [2.75, 3.05) is 6.61 Å². The molecule has 1 amide bonds. The van der Waals surface area contributed by atoms with Gasteiger partial charge >= 0.3 is 0 Å². The molecule has 4 nitrogen and oxygen atoms in total. The zero-order chi connectivity index (χ0) is 14.5. The minimum atomic E-state index is -0.880. The lowest BCUT2D eigenvalue weighted by Crippen LogP contribution is -2.49. The number of primary amides is 1. The van der Waals surface area contributed by atoms with Crippen LogP contribution in [0.1, 0.15) is 59.3 Å². The Labute approximate surface area is 117 Å². The van der Waals surface area contributed by atoms with Gasteiger partial charge in [0.15, 0.2) is 0 Å². The lowest BCUT2D eigenvalue weighted by molar-refractivity contribution is -0.122.